The number of aromatic amines is 2. The molecule has 4 aromatic rings. The standard InChI is InChI=1S/C28H33N7O2/c1-28(2,3)37-27(36)32-21-14-15-35(17-21)26-33-24(23-25(34-26)31-18-30-23)29-16-22(19-10-6-4-7-11-19)20-12-8-5-9-13-20/h4-13,18,21-22H,14-17H2,1-3H3,(H,32,36)(H2,29,30,31,33,34)/p+1/t21-/m1/s1. The van der Waals surface area contributed by atoms with Gasteiger partial charge in [-0.2, -0.15) is 4.98 Å². The Bertz CT molecular complexity index is 1300. The molecule has 2 aromatic carbocycles. The van der Waals surface area contributed by atoms with Crippen molar-refractivity contribution in [1.82, 2.24) is 20.3 Å². The predicted octanol–water partition coefficient (Wildman–Crippen LogP) is 4.12. The zero-order valence-electron chi connectivity index (χ0n) is 21.5. The van der Waals surface area contributed by atoms with E-state index in [1.54, 1.807) is 6.33 Å². The average Bonchev–Trinajstić information content (AvgIpc) is 3.54. The summed E-state index contributed by atoms with van der Waals surface area (Å²) in [5.41, 5.74) is 3.50. The number of aromatic nitrogens is 4. The van der Waals surface area contributed by atoms with Gasteiger partial charge >= 0.3 is 17.7 Å². The second-order valence-electron chi connectivity index (χ2n) is 10.4. The van der Waals surface area contributed by atoms with Crippen molar-refractivity contribution in [3.63, 3.8) is 0 Å². The highest BCUT2D eigenvalue weighted by atomic mass is 16.6. The van der Waals surface area contributed by atoms with Gasteiger partial charge in [-0.1, -0.05) is 65.6 Å². The molecule has 0 radical (unpaired) electrons. The van der Waals surface area contributed by atoms with Crippen LogP contribution in [0.25, 0.3) is 11.2 Å². The predicted molar refractivity (Wildman–Crippen MR) is 144 cm³/mol. The normalized spacial score (nSPS) is 15.8. The van der Waals surface area contributed by atoms with Crippen LogP contribution in [0.3, 0.4) is 0 Å². The molecule has 0 bridgehead atoms. The summed E-state index contributed by atoms with van der Waals surface area (Å²) >= 11 is 0. The molecule has 3 heterocycles. The van der Waals surface area contributed by atoms with Crippen molar-refractivity contribution in [3.05, 3.63) is 78.1 Å². The Labute approximate surface area is 216 Å². The Hall–Kier alpha value is -4.14. The van der Waals surface area contributed by atoms with E-state index in [1.807, 2.05) is 32.9 Å². The molecule has 0 saturated carbocycles. The van der Waals surface area contributed by atoms with Gasteiger partial charge in [-0.05, 0) is 38.3 Å². The number of alkyl carbamates (subject to hydrolysis) is 1. The Morgan fingerprint density at radius 2 is 1.78 bits per heavy atom. The van der Waals surface area contributed by atoms with E-state index in [-0.39, 0.29) is 12.0 Å². The van der Waals surface area contributed by atoms with Gasteiger partial charge in [0.15, 0.2) is 12.1 Å². The topological polar surface area (TPSA) is 109 Å². The summed E-state index contributed by atoms with van der Waals surface area (Å²) < 4.78 is 5.42. The number of benzene rings is 2. The lowest BCUT2D eigenvalue weighted by Crippen LogP contribution is -2.40. The Morgan fingerprint density at radius 3 is 2.43 bits per heavy atom. The third-order valence-corrected chi connectivity index (χ3v) is 6.39. The number of ether oxygens (including phenoxy) is 1. The van der Waals surface area contributed by atoms with Crippen LogP contribution < -0.4 is 20.5 Å². The zero-order valence-corrected chi connectivity index (χ0v) is 21.5. The van der Waals surface area contributed by atoms with Crippen molar-refractivity contribution >= 4 is 29.0 Å². The summed E-state index contributed by atoms with van der Waals surface area (Å²) in [5.74, 6) is 1.51. The lowest BCUT2D eigenvalue weighted by atomic mass is 9.91. The fourth-order valence-electron chi connectivity index (χ4n) is 4.67. The van der Waals surface area contributed by atoms with E-state index in [9.17, 15) is 4.79 Å². The molecule has 37 heavy (non-hydrogen) atoms. The Morgan fingerprint density at radius 1 is 1.11 bits per heavy atom. The zero-order chi connectivity index (χ0) is 25.8. The van der Waals surface area contributed by atoms with Crippen molar-refractivity contribution in [2.75, 3.05) is 29.9 Å². The van der Waals surface area contributed by atoms with Crippen LogP contribution in [0.5, 0.6) is 0 Å². The minimum absolute atomic E-state index is 0.0266. The number of hydrogen-bond donors (Lipinski definition) is 3. The number of carbonyl (C=O) groups excluding carboxylic acids is 1. The number of H-pyrrole nitrogens is 2. The molecule has 1 aliphatic rings. The number of rotatable bonds is 7. The number of imidazole rings is 1. The summed E-state index contributed by atoms with van der Waals surface area (Å²) in [6, 6.07) is 21.0. The van der Waals surface area contributed by atoms with Crippen molar-refractivity contribution < 1.29 is 14.5 Å². The van der Waals surface area contributed by atoms with Gasteiger partial charge in [0.1, 0.15) is 5.60 Å². The van der Waals surface area contributed by atoms with E-state index in [0.717, 1.165) is 29.9 Å². The first-order valence-electron chi connectivity index (χ1n) is 12.7. The molecule has 0 unspecified atom stereocenters. The molecule has 9 heteroatoms. The lowest BCUT2D eigenvalue weighted by molar-refractivity contribution is -0.347. The molecule has 1 saturated heterocycles. The van der Waals surface area contributed by atoms with E-state index in [0.29, 0.717) is 19.0 Å². The van der Waals surface area contributed by atoms with E-state index in [2.05, 4.69) is 74.0 Å². The molecule has 1 atom stereocenters. The van der Waals surface area contributed by atoms with Crippen LogP contribution in [0.2, 0.25) is 0 Å². The van der Waals surface area contributed by atoms with Gasteiger partial charge in [0.25, 0.3) is 0 Å². The highest BCUT2D eigenvalue weighted by molar-refractivity contribution is 5.81. The minimum Gasteiger partial charge on any atom is -0.444 e. The fourth-order valence-corrected chi connectivity index (χ4v) is 4.67. The molecule has 1 amide bonds. The Kier molecular flexibility index (Phi) is 6.94. The van der Waals surface area contributed by atoms with Crippen molar-refractivity contribution in [2.24, 2.45) is 0 Å². The molecule has 1 aliphatic heterocycles. The van der Waals surface area contributed by atoms with E-state index in [4.69, 9.17) is 14.7 Å². The maximum atomic E-state index is 12.2. The van der Waals surface area contributed by atoms with Gasteiger partial charge in [-0.3, -0.25) is 4.98 Å². The quantitative estimate of drug-likeness (QED) is 0.352. The van der Waals surface area contributed by atoms with Crippen LogP contribution in [0.4, 0.5) is 16.6 Å². The van der Waals surface area contributed by atoms with Gasteiger partial charge in [-0.25, -0.2) is 9.78 Å². The van der Waals surface area contributed by atoms with E-state index >= 15 is 0 Å². The molecular formula is C28H34N7O2+. The molecule has 9 nitrogen and oxygen atoms in total. The lowest BCUT2D eigenvalue weighted by Gasteiger charge is -2.22. The third-order valence-electron chi connectivity index (χ3n) is 6.39. The first-order chi connectivity index (χ1) is 17.9. The molecule has 2 aromatic heterocycles. The first-order valence-corrected chi connectivity index (χ1v) is 12.7. The van der Waals surface area contributed by atoms with Crippen LogP contribution >= 0.6 is 0 Å². The maximum Gasteiger partial charge on any atom is 0.407 e. The highest BCUT2D eigenvalue weighted by Crippen LogP contribution is 2.27. The smallest absolute Gasteiger partial charge is 0.407 e. The number of fused-ring (bicyclic) bond motifs is 1. The molecule has 4 N–H and O–H groups in total. The van der Waals surface area contributed by atoms with E-state index in [1.165, 1.54) is 11.1 Å². The number of amides is 1. The van der Waals surface area contributed by atoms with Gasteiger partial charge in [0.2, 0.25) is 5.52 Å². The number of anilines is 2. The minimum atomic E-state index is -0.529. The number of hydrogen-bond acceptors (Lipinski definition) is 6. The summed E-state index contributed by atoms with van der Waals surface area (Å²) in [5, 5.41) is 6.56. The average molecular weight is 501 g/mol. The van der Waals surface area contributed by atoms with Crippen LogP contribution in [0.1, 0.15) is 44.2 Å². The highest BCUT2D eigenvalue weighted by Gasteiger charge is 2.30. The Balaban J connectivity index is 1.34. The second kappa shape index (κ2) is 10.5. The molecule has 0 aliphatic carbocycles. The van der Waals surface area contributed by atoms with Gasteiger partial charge in [0, 0.05) is 25.6 Å². The third kappa shape index (κ3) is 5.99. The van der Waals surface area contributed by atoms with Crippen LogP contribution in [0.15, 0.2) is 67.0 Å². The van der Waals surface area contributed by atoms with E-state index < -0.39 is 11.7 Å². The van der Waals surface area contributed by atoms with Gasteiger partial charge in [0.05, 0.1) is 6.04 Å². The number of carbonyl (C=O) groups is 1. The maximum absolute atomic E-state index is 12.2. The van der Waals surface area contributed by atoms with Crippen LogP contribution in [-0.4, -0.2) is 52.3 Å². The molecule has 1 fully saturated rings. The molecular weight excluding hydrogens is 466 g/mol. The van der Waals surface area contributed by atoms with Crippen molar-refractivity contribution in [2.45, 2.75) is 44.8 Å². The van der Waals surface area contributed by atoms with Gasteiger partial charge < -0.3 is 20.3 Å². The molecule has 0 spiro atoms. The van der Waals surface area contributed by atoms with Crippen molar-refractivity contribution in [3.8, 4) is 0 Å². The summed E-state index contributed by atoms with van der Waals surface area (Å²) in [6.07, 6.45) is 2.16. The monoisotopic (exact) mass is 500 g/mol. The number of nitrogens with zero attached hydrogens (tertiary/aromatic N) is 3. The fraction of sp³-hybridized carbons (Fsp3) is 0.357. The SMILES string of the molecule is CC(C)(C)OC(=O)N[C@@H]1CCN(c2nc(NCC(c3ccccc3)c3ccccc3)c3[nH]c[nH+]c3n2)C1. The molecule has 192 valence electrons. The largest absolute Gasteiger partial charge is 0.444 e. The second-order valence-corrected chi connectivity index (χ2v) is 10.4. The van der Waals surface area contributed by atoms with Crippen LogP contribution in [-0.2, 0) is 4.74 Å². The first kappa shape index (κ1) is 24.5. The summed E-state index contributed by atoms with van der Waals surface area (Å²) in [4.78, 5) is 30.4. The molecule has 5 rings (SSSR count). The van der Waals surface area contributed by atoms with Crippen molar-refractivity contribution in [1.29, 1.82) is 0 Å². The summed E-state index contributed by atoms with van der Waals surface area (Å²) in [7, 11) is 0. The van der Waals surface area contributed by atoms with Crippen LogP contribution in [0, 0.1) is 0 Å². The van der Waals surface area contributed by atoms with Gasteiger partial charge in [-0.15, -0.1) is 0 Å². The number of nitrogens with one attached hydrogen (secondary N) is 4. The summed E-state index contributed by atoms with van der Waals surface area (Å²) in [6.45, 7) is 7.61.